The minimum absolute atomic E-state index is 0.288. The molecule has 0 aromatic carbocycles. The maximum atomic E-state index is 9.59. The van der Waals surface area contributed by atoms with Crippen LogP contribution in [0, 0.1) is 6.92 Å². The Morgan fingerprint density at radius 1 is 1.32 bits per heavy atom. The van der Waals surface area contributed by atoms with Crippen molar-refractivity contribution >= 4 is 11.8 Å². The molecule has 2 saturated heterocycles. The first-order chi connectivity index (χ1) is 12.1. The van der Waals surface area contributed by atoms with Gasteiger partial charge in [0.05, 0.1) is 24.9 Å². The second kappa shape index (κ2) is 6.57. The third-order valence-corrected chi connectivity index (χ3v) is 4.74. The van der Waals surface area contributed by atoms with Gasteiger partial charge < -0.3 is 19.6 Å². The summed E-state index contributed by atoms with van der Waals surface area (Å²) in [6.45, 7) is 5.01. The van der Waals surface area contributed by atoms with Gasteiger partial charge in [0.1, 0.15) is 17.2 Å². The van der Waals surface area contributed by atoms with Gasteiger partial charge in [-0.05, 0) is 13.3 Å². The highest BCUT2D eigenvalue weighted by Crippen LogP contribution is 2.29. The van der Waals surface area contributed by atoms with Gasteiger partial charge in [-0.1, -0.05) is 10.3 Å². The van der Waals surface area contributed by atoms with Crippen LogP contribution in [0.4, 0.5) is 11.8 Å². The van der Waals surface area contributed by atoms with E-state index in [9.17, 15) is 5.11 Å². The van der Waals surface area contributed by atoms with Crippen LogP contribution in [0.5, 0.6) is 0 Å². The molecule has 0 unspecified atom stereocenters. The summed E-state index contributed by atoms with van der Waals surface area (Å²) in [7, 11) is 1.96. The van der Waals surface area contributed by atoms with Crippen LogP contribution in [0.15, 0.2) is 10.7 Å². The van der Waals surface area contributed by atoms with E-state index in [1.54, 1.807) is 0 Å². The Hall–Kier alpha value is -2.26. The van der Waals surface area contributed by atoms with Gasteiger partial charge in [0.25, 0.3) is 0 Å². The van der Waals surface area contributed by atoms with Crippen LogP contribution in [0.2, 0.25) is 0 Å². The normalized spacial score (nSPS) is 20.8. The molecule has 9 heteroatoms. The van der Waals surface area contributed by atoms with E-state index in [-0.39, 0.29) is 12.0 Å². The van der Waals surface area contributed by atoms with Crippen molar-refractivity contribution in [2.75, 3.05) is 43.2 Å². The molecule has 9 nitrogen and oxygen atoms in total. The van der Waals surface area contributed by atoms with E-state index in [0.717, 1.165) is 35.9 Å². The molecule has 4 rings (SSSR count). The van der Waals surface area contributed by atoms with Crippen LogP contribution in [-0.2, 0) is 11.3 Å². The monoisotopic (exact) mass is 346 g/mol. The number of nitrogens with zero attached hydrogens (tertiary/aromatic N) is 6. The molecule has 2 aliphatic heterocycles. The number of hydrogen-bond donors (Lipinski definition) is 1. The number of hydrogen-bond acceptors (Lipinski definition) is 9. The molecule has 0 spiro atoms. The highest BCUT2D eigenvalue weighted by molar-refractivity contribution is 5.48. The summed E-state index contributed by atoms with van der Waals surface area (Å²) in [6, 6.07) is 2.02. The van der Waals surface area contributed by atoms with E-state index in [0.29, 0.717) is 32.2 Å². The summed E-state index contributed by atoms with van der Waals surface area (Å²) in [4.78, 5) is 13.4. The van der Waals surface area contributed by atoms with Crippen LogP contribution in [0.25, 0.3) is 0 Å². The summed E-state index contributed by atoms with van der Waals surface area (Å²) in [6.07, 6.45) is 0.668. The highest BCUT2D eigenvalue weighted by Gasteiger charge is 2.29. The number of ether oxygens (including phenoxy) is 1. The maximum absolute atomic E-state index is 9.59. The first-order valence-corrected chi connectivity index (χ1v) is 8.49. The first kappa shape index (κ1) is 16.2. The third-order valence-electron chi connectivity index (χ3n) is 4.74. The zero-order valence-corrected chi connectivity index (χ0v) is 14.4. The minimum atomic E-state index is -0.299. The molecule has 0 saturated carbocycles. The van der Waals surface area contributed by atoms with Crippen molar-refractivity contribution in [1.29, 1.82) is 0 Å². The second-order valence-corrected chi connectivity index (χ2v) is 6.72. The number of β-amino-alcohol motifs (C(OH)–C–C–N with tert-alkyl or cyclic N) is 1. The van der Waals surface area contributed by atoms with Crippen molar-refractivity contribution in [1.82, 2.24) is 20.3 Å². The lowest BCUT2D eigenvalue weighted by Crippen LogP contribution is -2.51. The van der Waals surface area contributed by atoms with Gasteiger partial charge in [0.2, 0.25) is 5.95 Å². The number of aromatic nitrogens is 4. The molecule has 25 heavy (non-hydrogen) atoms. The molecular formula is C16H22N6O3. The first-order valence-electron chi connectivity index (χ1n) is 8.49. The van der Waals surface area contributed by atoms with Crippen molar-refractivity contribution in [2.45, 2.75) is 31.9 Å². The third kappa shape index (κ3) is 3.29. The smallest absolute Gasteiger partial charge is 0.227 e. The van der Waals surface area contributed by atoms with E-state index in [2.05, 4.69) is 15.3 Å². The number of aryl methyl sites for hydroxylation is 1. The zero-order valence-electron chi connectivity index (χ0n) is 14.4. The molecule has 2 aliphatic rings. The predicted molar refractivity (Wildman–Crippen MR) is 89.6 cm³/mol. The Balaban J connectivity index is 1.61. The fourth-order valence-corrected chi connectivity index (χ4v) is 3.07. The molecule has 134 valence electrons. The van der Waals surface area contributed by atoms with E-state index >= 15 is 0 Å². The van der Waals surface area contributed by atoms with Crippen LogP contribution in [-0.4, -0.2) is 64.8 Å². The molecule has 4 heterocycles. The van der Waals surface area contributed by atoms with Crippen molar-refractivity contribution in [3.05, 3.63) is 23.1 Å². The van der Waals surface area contributed by atoms with Crippen LogP contribution in [0.1, 0.15) is 29.4 Å². The molecular weight excluding hydrogens is 324 g/mol. The molecule has 2 aromatic heterocycles. The lowest BCUT2D eigenvalue weighted by molar-refractivity contribution is 0.140. The van der Waals surface area contributed by atoms with E-state index in [1.165, 1.54) is 0 Å². The molecule has 0 radical (unpaired) electrons. The Kier molecular flexibility index (Phi) is 4.26. The molecule has 1 N–H and O–H groups in total. The van der Waals surface area contributed by atoms with Crippen molar-refractivity contribution in [3.8, 4) is 0 Å². The number of aliphatic hydroxyl groups excluding tert-OH is 1. The van der Waals surface area contributed by atoms with Crippen molar-refractivity contribution < 1.29 is 14.5 Å². The summed E-state index contributed by atoms with van der Waals surface area (Å²) in [5, 5.41) is 17.4. The van der Waals surface area contributed by atoms with Gasteiger partial charge >= 0.3 is 0 Å². The topological polar surface area (TPSA) is 101 Å². The van der Waals surface area contributed by atoms with E-state index in [4.69, 9.17) is 14.3 Å². The molecule has 0 aliphatic carbocycles. The standard InChI is InChI=1S/C16H22N6O3/c1-10-14(20-25-19-10)8-21(2)15-5-13(11-3-4-24-9-11)17-16(18-15)22-6-12(23)7-22/h5,11-12,23H,3-4,6-9H2,1-2H3/t11-/m1/s1. The Morgan fingerprint density at radius 3 is 2.80 bits per heavy atom. The Morgan fingerprint density at radius 2 is 2.16 bits per heavy atom. The average molecular weight is 346 g/mol. The van der Waals surface area contributed by atoms with Crippen molar-refractivity contribution in [2.24, 2.45) is 0 Å². The van der Waals surface area contributed by atoms with Crippen LogP contribution >= 0.6 is 0 Å². The van der Waals surface area contributed by atoms with Crippen LogP contribution < -0.4 is 9.80 Å². The van der Waals surface area contributed by atoms with E-state index < -0.39 is 0 Å². The van der Waals surface area contributed by atoms with Gasteiger partial charge in [-0.25, -0.2) is 9.61 Å². The Labute approximate surface area is 145 Å². The van der Waals surface area contributed by atoms with Gasteiger partial charge in [-0.15, -0.1) is 0 Å². The lowest BCUT2D eigenvalue weighted by Gasteiger charge is -2.36. The van der Waals surface area contributed by atoms with Gasteiger partial charge in [-0.2, -0.15) is 4.98 Å². The molecule has 2 aromatic rings. The zero-order chi connectivity index (χ0) is 17.4. The largest absolute Gasteiger partial charge is 0.389 e. The van der Waals surface area contributed by atoms with Gasteiger partial charge in [0.15, 0.2) is 0 Å². The Bertz CT molecular complexity index is 739. The minimum Gasteiger partial charge on any atom is -0.389 e. The lowest BCUT2D eigenvalue weighted by atomic mass is 10.0. The summed E-state index contributed by atoms with van der Waals surface area (Å²) >= 11 is 0. The van der Waals surface area contributed by atoms with E-state index in [1.807, 2.05) is 29.8 Å². The molecule has 1 atom stereocenters. The molecule has 2 fully saturated rings. The summed E-state index contributed by atoms with van der Waals surface area (Å²) < 4.78 is 10.3. The fraction of sp³-hybridized carbons (Fsp3) is 0.625. The summed E-state index contributed by atoms with van der Waals surface area (Å²) in [5.41, 5.74) is 2.55. The SMILES string of the molecule is Cc1nonc1CN(C)c1cc([C@@H]2CCOC2)nc(N2CC(O)C2)n1. The number of anilines is 2. The predicted octanol–water partition coefficient (Wildman–Crippen LogP) is 0.489. The van der Waals surface area contributed by atoms with Gasteiger partial charge in [-0.3, -0.25) is 0 Å². The van der Waals surface area contributed by atoms with Crippen LogP contribution in [0.3, 0.4) is 0 Å². The highest BCUT2D eigenvalue weighted by atomic mass is 16.6. The quantitative estimate of drug-likeness (QED) is 0.828. The second-order valence-electron chi connectivity index (χ2n) is 6.72. The molecule has 0 amide bonds. The van der Waals surface area contributed by atoms with Gasteiger partial charge in [0, 0.05) is 38.7 Å². The summed E-state index contributed by atoms with van der Waals surface area (Å²) in [5.74, 6) is 1.76. The van der Waals surface area contributed by atoms with Crippen molar-refractivity contribution in [3.63, 3.8) is 0 Å². The number of rotatable bonds is 5. The molecule has 0 bridgehead atoms. The maximum Gasteiger partial charge on any atom is 0.227 e. The average Bonchev–Trinajstić information content (AvgIpc) is 3.24. The number of aliphatic hydroxyl groups is 1. The fourth-order valence-electron chi connectivity index (χ4n) is 3.07.